The third kappa shape index (κ3) is 4.64. The number of hydrogen-bond donors (Lipinski definition) is 1. The molecule has 0 bridgehead atoms. The van der Waals surface area contributed by atoms with E-state index in [9.17, 15) is 9.59 Å². The van der Waals surface area contributed by atoms with Crippen LogP contribution < -0.4 is 14.8 Å². The van der Waals surface area contributed by atoms with Crippen LogP contribution in [0.3, 0.4) is 0 Å². The maximum absolute atomic E-state index is 12.0. The summed E-state index contributed by atoms with van der Waals surface area (Å²) in [5.74, 6) is -0.281. The van der Waals surface area contributed by atoms with E-state index in [2.05, 4.69) is 5.32 Å². The fourth-order valence-corrected chi connectivity index (χ4v) is 2.40. The third-order valence-electron chi connectivity index (χ3n) is 3.45. The van der Waals surface area contributed by atoms with Crippen LogP contribution in [-0.4, -0.2) is 32.7 Å². The number of hydrogen-bond acceptors (Lipinski definition) is 5. The minimum atomic E-state index is -0.562. The zero-order valence-corrected chi connectivity index (χ0v) is 14.8. The van der Waals surface area contributed by atoms with E-state index in [-0.39, 0.29) is 0 Å². The Kier molecular flexibility index (Phi) is 6.25. The molecule has 0 aliphatic heterocycles. The lowest BCUT2D eigenvalue weighted by Crippen LogP contribution is -2.21. The second kappa shape index (κ2) is 8.39. The molecule has 25 heavy (non-hydrogen) atoms. The Balaban J connectivity index is 2.02. The molecule has 1 N–H and O–H groups in total. The number of carbonyl (C=O) groups excluding carboxylic acids is 2. The Bertz CT molecular complexity index is 791. The highest BCUT2D eigenvalue weighted by Crippen LogP contribution is 2.35. The highest BCUT2D eigenvalue weighted by atomic mass is 35.5. The molecular weight excluding hydrogens is 346 g/mol. The SMILES string of the molecule is COc1cc(OC)c(NC(=O)COC(=O)c2ccccc2C)cc1Cl. The second-order valence-corrected chi connectivity index (χ2v) is 5.53. The molecule has 0 fully saturated rings. The second-order valence-electron chi connectivity index (χ2n) is 5.13. The molecule has 2 aromatic rings. The summed E-state index contributed by atoms with van der Waals surface area (Å²) < 4.78 is 15.3. The van der Waals surface area contributed by atoms with Crippen molar-refractivity contribution in [1.82, 2.24) is 0 Å². The van der Waals surface area contributed by atoms with Crippen LogP contribution in [0.1, 0.15) is 15.9 Å². The average Bonchev–Trinajstić information content (AvgIpc) is 2.60. The molecule has 2 aromatic carbocycles. The summed E-state index contributed by atoms with van der Waals surface area (Å²) in [5.41, 5.74) is 1.54. The summed E-state index contributed by atoms with van der Waals surface area (Å²) >= 11 is 6.05. The first-order chi connectivity index (χ1) is 12.0. The van der Waals surface area contributed by atoms with Gasteiger partial charge in [-0.3, -0.25) is 4.79 Å². The summed E-state index contributed by atoms with van der Waals surface area (Å²) in [5, 5.41) is 2.91. The van der Waals surface area contributed by atoms with Gasteiger partial charge in [0.05, 0.1) is 30.5 Å². The lowest BCUT2D eigenvalue weighted by Gasteiger charge is -2.13. The van der Waals surface area contributed by atoms with E-state index >= 15 is 0 Å². The Morgan fingerprint density at radius 3 is 2.40 bits per heavy atom. The van der Waals surface area contributed by atoms with Crippen LogP contribution in [0.4, 0.5) is 5.69 Å². The largest absolute Gasteiger partial charge is 0.495 e. The minimum Gasteiger partial charge on any atom is -0.495 e. The first kappa shape index (κ1) is 18.6. The van der Waals surface area contributed by atoms with Crippen molar-refractivity contribution in [2.24, 2.45) is 0 Å². The highest BCUT2D eigenvalue weighted by Gasteiger charge is 2.15. The number of rotatable bonds is 6. The molecule has 0 heterocycles. The molecule has 0 saturated carbocycles. The van der Waals surface area contributed by atoms with E-state index in [0.29, 0.717) is 27.8 Å². The van der Waals surface area contributed by atoms with Gasteiger partial charge in [0.2, 0.25) is 0 Å². The topological polar surface area (TPSA) is 73.9 Å². The Morgan fingerprint density at radius 1 is 1.08 bits per heavy atom. The molecule has 6 nitrogen and oxygen atoms in total. The summed E-state index contributed by atoms with van der Waals surface area (Å²) in [7, 11) is 2.93. The molecule has 7 heteroatoms. The summed E-state index contributed by atoms with van der Waals surface area (Å²) in [6.45, 7) is 1.36. The van der Waals surface area contributed by atoms with Crippen LogP contribution in [0.15, 0.2) is 36.4 Å². The van der Waals surface area contributed by atoms with Crippen molar-refractivity contribution in [2.75, 3.05) is 26.1 Å². The van der Waals surface area contributed by atoms with E-state index < -0.39 is 18.5 Å². The quantitative estimate of drug-likeness (QED) is 0.795. The van der Waals surface area contributed by atoms with Gasteiger partial charge in [-0.15, -0.1) is 0 Å². The van der Waals surface area contributed by atoms with Gasteiger partial charge in [-0.25, -0.2) is 4.79 Å². The minimum absolute atomic E-state index is 0.315. The standard InChI is InChI=1S/C18H18ClNO5/c1-11-6-4-5-7-12(11)18(22)25-10-17(21)20-14-8-13(19)15(23-2)9-16(14)24-3/h4-9H,10H2,1-3H3,(H,20,21). The Morgan fingerprint density at radius 2 is 1.76 bits per heavy atom. The van der Waals surface area contributed by atoms with Crippen LogP contribution >= 0.6 is 11.6 Å². The maximum atomic E-state index is 12.0. The molecular formula is C18H18ClNO5. The monoisotopic (exact) mass is 363 g/mol. The molecule has 0 unspecified atom stereocenters. The zero-order chi connectivity index (χ0) is 18.4. The smallest absolute Gasteiger partial charge is 0.338 e. The van der Waals surface area contributed by atoms with Crippen molar-refractivity contribution < 1.29 is 23.8 Å². The Hall–Kier alpha value is -2.73. The number of esters is 1. The lowest BCUT2D eigenvalue weighted by atomic mass is 10.1. The van der Waals surface area contributed by atoms with E-state index in [1.807, 2.05) is 6.07 Å². The van der Waals surface area contributed by atoms with Crippen molar-refractivity contribution >= 4 is 29.2 Å². The molecule has 0 saturated heterocycles. The number of aryl methyl sites for hydroxylation is 1. The average molecular weight is 364 g/mol. The molecule has 0 aliphatic rings. The van der Waals surface area contributed by atoms with Crippen molar-refractivity contribution in [2.45, 2.75) is 6.92 Å². The predicted octanol–water partition coefficient (Wildman–Crippen LogP) is 3.46. The van der Waals surface area contributed by atoms with Gasteiger partial charge in [0.25, 0.3) is 5.91 Å². The van der Waals surface area contributed by atoms with E-state index in [1.54, 1.807) is 31.2 Å². The van der Waals surface area contributed by atoms with Crippen molar-refractivity contribution in [3.63, 3.8) is 0 Å². The summed E-state index contributed by atoms with van der Waals surface area (Å²) in [6.07, 6.45) is 0. The number of carbonyl (C=O) groups is 2. The van der Waals surface area contributed by atoms with Crippen LogP contribution in [0.25, 0.3) is 0 Å². The van der Waals surface area contributed by atoms with Crippen molar-refractivity contribution in [3.8, 4) is 11.5 Å². The number of nitrogens with one attached hydrogen (secondary N) is 1. The van der Waals surface area contributed by atoms with Crippen molar-refractivity contribution in [1.29, 1.82) is 0 Å². The summed E-state index contributed by atoms with van der Waals surface area (Å²) in [4.78, 5) is 24.1. The number of methoxy groups -OCH3 is 2. The molecule has 0 spiro atoms. The molecule has 0 atom stereocenters. The lowest BCUT2D eigenvalue weighted by molar-refractivity contribution is -0.119. The van der Waals surface area contributed by atoms with Crippen LogP contribution in [-0.2, 0) is 9.53 Å². The first-order valence-electron chi connectivity index (χ1n) is 7.40. The van der Waals surface area contributed by atoms with Crippen LogP contribution in [0.5, 0.6) is 11.5 Å². The van der Waals surface area contributed by atoms with Crippen LogP contribution in [0, 0.1) is 6.92 Å². The van der Waals surface area contributed by atoms with Gasteiger partial charge in [-0.05, 0) is 24.6 Å². The maximum Gasteiger partial charge on any atom is 0.338 e. The van der Waals surface area contributed by atoms with Gasteiger partial charge in [0, 0.05) is 6.07 Å². The zero-order valence-electron chi connectivity index (χ0n) is 14.1. The first-order valence-corrected chi connectivity index (χ1v) is 7.78. The number of amides is 1. The highest BCUT2D eigenvalue weighted by molar-refractivity contribution is 6.32. The van der Waals surface area contributed by atoms with Gasteiger partial charge in [-0.2, -0.15) is 0 Å². The third-order valence-corrected chi connectivity index (χ3v) is 3.74. The fraction of sp³-hybridized carbons (Fsp3) is 0.222. The summed E-state index contributed by atoms with van der Waals surface area (Å²) in [6, 6.07) is 10.0. The number of anilines is 1. The van der Waals surface area contributed by atoms with Gasteiger partial charge < -0.3 is 19.5 Å². The molecule has 0 aromatic heterocycles. The van der Waals surface area contributed by atoms with Crippen LogP contribution in [0.2, 0.25) is 5.02 Å². The fourth-order valence-electron chi connectivity index (χ4n) is 2.15. The predicted molar refractivity (Wildman–Crippen MR) is 94.6 cm³/mol. The number of halogens is 1. The van der Waals surface area contributed by atoms with Gasteiger partial charge in [0.15, 0.2) is 6.61 Å². The molecule has 132 valence electrons. The number of benzene rings is 2. The molecule has 2 rings (SSSR count). The Labute approximate surface area is 150 Å². The molecule has 0 radical (unpaired) electrons. The van der Waals surface area contributed by atoms with E-state index in [4.69, 9.17) is 25.8 Å². The normalized spacial score (nSPS) is 10.1. The molecule has 0 aliphatic carbocycles. The van der Waals surface area contributed by atoms with Gasteiger partial charge in [0.1, 0.15) is 11.5 Å². The van der Waals surface area contributed by atoms with Crippen molar-refractivity contribution in [3.05, 3.63) is 52.5 Å². The van der Waals surface area contributed by atoms with E-state index in [0.717, 1.165) is 5.56 Å². The number of ether oxygens (including phenoxy) is 3. The van der Waals surface area contributed by atoms with Gasteiger partial charge >= 0.3 is 5.97 Å². The van der Waals surface area contributed by atoms with Gasteiger partial charge in [-0.1, -0.05) is 29.8 Å². The van der Waals surface area contributed by atoms with E-state index in [1.165, 1.54) is 20.3 Å². The molecule has 1 amide bonds.